The van der Waals surface area contributed by atoms with Gasteiger partial charge in [-0.2, -0.15) is 5.10 Å². The van der Waals surface area contributed by atoms with Crippen LogP contribution >= 0.6 is 0 Å². The molecule has 9 heteroatoms. The zero-order valence-corrected chi connectivity index (χ0v) is 17.4. The minimum absolute atomic E-state index is 0.0347. The van der Waals surface area contributed by atoms with E-state index < -0.39 is 0 Å². The molecule has 1 saturated heterocycles. The van der Waals surface area contributed by atoms with Crippen LogP contribution in [0, 0.1) is 18.8 Å². The third-order valence-electron chi connectivity index (χ3n) is 6.62. The minimum Gasteiger partial charge on any atom is -0.361 e. The molecular weight excluding hydrogens is 384 g/mol. The van der Waals surface area contributed by atoms with Crippen molar-refractivity contribution in [3.8, 4) is 0 Å². The molecular formula is C21H28N6O3. The van der Waals surface area contributed by atoms with Crippen molar-refractivity contribution in [3.05, 3.63) is 23.6 Å². The van der Waals surface area contributed by atoms with Crippen LogP contribution in [0.2, 0.25) is 0 Å². The number of nitrogens with zero attached hydrogens (tertiary/aromatic N) is 3. The first-order valence-corrected chi connectivity index (χ1v) is 10.7. The predicted molar refractivity (Wildman–Crippen MR) is 110 cm³/mol. The summed E-state index contributed by atoms with van der Waals surface area (Å²) in [5.41, 5.74) is 0.785. The number of hydrogen-bond acceptors (Lipinski definition) is 6. The number of aromatic amines is 1. The monoisotopic (exact) mass is 412 g/mol. The Balaban J connectivity index is 1.19. The molecule has 3 atom stereocenters. The van der Waals surface area contributed by atoms with Crippen molar-refractivity contribution in [2.45, 2.75) is 64.0 Å². The Bertz CT molecular complexity index is 962. The number of nitrogens with one attached hydrogen (secondary N) is 3. The lowest BCUT2D eigenvalue weighted by atomic mass is 9.81. The summed E-state index contributed by atoms with van der Waals surface area (Å²) in [4.78, 5) is 27.2. The number of rotatable bonds is 6. The first-order chi connectivity index (χ1) is 14.4. The number of fused-ring (bicyclic) bond motifs is 2. The van der Waals surface area contributed by atoms with Crippen molar-refractivity contribution in [2.75, 3.05) is 16.8 Å². The molecule has 2 aromatic rings. The lowest BCUT2D eigenvalue weighted by Crippen LogP contribution is -2.42. The highest BCUT2D eigenvalue weighted by Crippen LogP contribution is 2.42. The third kappa shape index (κ3) is 3.93. The minimum atomic E-state index is -0.188. The van der Waals surface area contributed by atoms with Crippen molar-refractivity contribution in [1.82, 2.24) is 20.7 Å². The Kier molecular flexibility index (Phi) is 4.56. The number of hydrogen-bond donors (Lipinski definition) is 3. The summed E-state index contributed by atoms with van der Waals surface area (Å²) < 4.78 is 5.09. The second kappa shape index (κ2) is 7.14. The van der Waals surface area contributed by atoms with Gasteiger partial charge in [0.1, 0.15) is 11.6 Å². The maximum atomic E-state index is 12.7. The molecule has 2 saturated carbocycles. The van der Waals surface area contributed by atoms with Gasteiger partial charge in [0.05, 0.1) is 12.1 Å². The molecule has 1 aliphatic heterocycles. The molecule has 5 rings (SSSR count). The van der Waals surface area contributed by atoms with E-state index in [-0.39, 0.29) is 29.7 Å². The second-order valence-corrected chi connectivity index (χ2v) is 9.43. The first kappa shape index (κ1) is 19.1. The first-order valence-electron chi connectivity index (χ1n) is 10.7. The van der Waals surface area contributed by atoms with Gasteiger partial charge in [-0.15, -0.1) is 0 Å². The van der Waals surface area contributed by atoms with E-state index in [4.69, 9.17) is 4.52 Å². The van der Waals surface area contributed by atoms with E-state index >= 15 is 0 Å². The van der Waals surface area contributed by atoms with Crippen LogP contribution in [-0.4, -0.2) is 45.3 Å². The zero-order chi connectivity index (χ0) is 20.9. The van der Waals surface area contributed by atoms with Crippen LogP contribution in [0.25, 0.3) is 0 Å². The largest absolute Gasteiger partial charge is 0.361 e. The SMILES string of the molecule is Cc1cc(CC(=O)Nc2cc(N3C[C@@H]4C[C@@H](C(=O)NC5(C)CC5)C[C@H]3C4)n[nH]2)on1. The second-order valence-electron chi connectivity index (χ2n) is 9.43. The molecule has 3 N–H and O–H groups in total. The fourth-order valence-corrected chi connectivity index (χ4v) is 4.82. The predicted octanol–water partition coefficient (Wildman–Crippen LogP) is 2.16. The highest BCUT2D eigenvalue weighted by molar-refractivity contribution is 5.91. The van der Waals surface area contributed by atoms with Gasteiger partial charge in [0.2, 0.25) is 11.8 Å². The van der Waals surface area contributed by atoms with E-state index in [0.717, 1.165) is 50.2 Å². The molecule has 2 aromatic heterocycles. The standard InChI is InChI=1S/C21H28N6O3/c1-12-5-16(30-26-12)9-19(28)22-17-10-18(25-24-17)27-11-13-6-14(8-15(27)7-13)20(29)23-21(2)3-4-21/h5,10,13-15H,3-4,6-9,11H2,1-2H3,(H,23,29)(H2,22,24,25,28)/t13-,14-,15-/m1/s1. The van der Waals surface area contributed by atoms with Crippen molar-refractivity contribution in [1.29, 1.82) is 0 Å². The van der Waals surface area contributed by atoms with E-state index in [2.05, 4.69) is 37.8 Å². The normalized spacial score (nSPS) is 26.5. The Morgan fingerprint density at radius 1 is 1.30 bits per heavy atom. The summed E-state index contributed by atoms with van der Waals surface area (Å²) in [5.74, 6) is 2.53. The number of amides is 2. The molecule has 0 spiro atoms. The Morgan fingerprint density at radius 2 is 2.13 bits per heavy atom. The molecule has 3 aliphatic rings. The van der Waals surface area contributed by atoms with Gasteiger partial charge < -0.3 is 20.1 Å². The van der Waals surface area contributed by atoms with Crippen LogP contribution in [0.3, 0.4) is 0 Å². The maximum Gasteiger partial charge on any atom is 0.233 e. The summed E-state index contributed by atoms with van der Waals surface area (Å²) >= 11 is 0. The van der Waals surface area contributed by atoms with Crippen LogP contribution < -0.4 is 15.5 Å². The lowest BCUT2D eigenvalue weighted by Gasteiger charge is -2.29. The fraction of sp³-hybridized carbons (Fsp3) is 0.619. The summed E-state index contributed by atoms with van der Waals surface area (Å²) in [6.07, 6.45) is 5.20. The van der Waals surface area contributed by atoms with E-state index in [0.29, 0.717) is 23.5 Å². The Morgan fingerprint density at radius 3 is 2.87 bits per heavy atom. The van der Waals surface area contributed by atoms with Crippen LogP contribution in [0.15, 0.2) is 16.7 Å². The van der Waals surface area contributed by atoms with E-state index in [1.54, 1.807) is 6.07 Å². The fourth-order valence-electron chi connectivity index (χ4n) is 4.82. The lowest BCUT2D eigenvalue weighted by molar-refractivity contribution is -0.127. The molecule has 3 fully saturated rings. The number of H-pyrrole nitrogens is 1. The smallest absolute Gasteiger partial charge is 0.233 e. The maximum absolute atomic E-state index is 12.7. The highest BCUT2D eigenvalue weighted by atomic mass is 16.5. The number of aromatic nitrogens is 3. The molecule has 30 heavy (non-hydrogen) atoms. The number of carbonyl (C=O) groups is 2. The van der Waals surface area contributed by atoms with Gasteiger partial charge in [0, 0.05) is 36.2 Å². The molecule has 160 valence electrons. The molecule has 2 bridgehead atoms. The van der Waals surface area contributed by atoms with Crippen LogP contribution in [0.1, 0.15) is 50.5 Å². The van der Waals surface area contributed by atoms with Crippen molar-refractivity contribution < 1.29 is 14.1 Å². The Labute approximate surface area is 174 Å². The molecule has 0 radical (unpaired) electrons. The summed E-state index contributed by atoms with van der Waals surface area (Å²) in [6, 6.07) is 3.93. The van der Waals surface area contributed by atoms with Crippen molar-refractivity contribution in [3.63, 3.8) is 0 Å². The third-order valence-corrected chi connectivity index (χ3v) is 6.62. The topological polar surface area (TPSA) is 116 Å². The van der Waals surface area contributed by atoms with Gasteiger partial charge in [-0.25, -0.2) is 0 Å². The highest BCUT2D eigenvalue weighted by Gasteiger charge is 2.45. The molecule has 3 heterocycles. The average Bonchev–Trinajstić information content (AvgIpc) is 3.01. The van der Waals surface area contributed by atoms with Gasteiger partial charge in [0.15, 0.2) is 5.82 Å². The average molecular weight is 412 g/mol. The van der Waals surface area contributed by atoms with E-state index in [9.17, 15) is 9.59 Å². The molecule has 0 aromatic carbocycles. The van der Waals surface area contributed by atoms with Crippen molar-refractivity contribution >= 4 is 23.5 Å². The van der Waals surface area contributed by atoms with Crippen LogP contribution in [-0.2, 0) is 16.0 Å². The zero-order valence-electron chi connectivity index (χ0n) is 17.4. The summed E-state index contributed by atoms with van der Waals surface area (Å²) in [6.45, 7) is 4.85. The van der Waals surface area contributed by atoms with Gasteiger partial charge >= 0.3 is 0 Å². The molecule has 2 aliphatic carbocycles. The molecule has 2 amide bonds. The number of anilines is 2. The van der Waals surface area contributed by atoms with E-state index in [1.165, 1.54) is 0 Å². The van der Waals surface area contributed by atoms with Gasteiger partial charge in [-0.1, -0.05) is 5.16 Å². The molecule has 0 unspecified atom stereocenters. The van der Waals surface area contributed by atoms with E-state index in [1.807, 2.05) is 13.0 Å². The summed E-state index contributed by atoms with van der Waals surface area (Å²) in [7, 11) is 0. The van der Waals surface area contributed by atoms with Crippen molar-refractivity contribution in [2.24, 2.45) is 11.8 Å². The summed E-state index contributed by atoms with van der Waals surface area (Å²) in [5, 5.41) is 17.2. The number of aryl methyl sites for hydroxylation is 1. The quantitative estimate of drug-likeness (QED) is 0.670. The molecule has 9 nitrogen and oxygen atoms in total. The Hall–Kier alpha value is -2.84. The van der Waals surface area contributed by atoms with Gasteiger partial charge in [-0.05, 0) is 51.9 Å². The number of carbonyl (C=O) groups excluding carboxylic acids is 2. The van der Waals surface area contributed by atoms with Gasteiger partial charge in [-0.3, -0.25) is 14.7 Å². The van der Waals surface area contributed by atoms with Gasteiger partial charge in [0.25, 0.3) is 0 Å². The van der Waals surface area contributed by atoms with Crippen LogP contribution in [0.4, 0.5) is 11.6 Å². The van der Waals surface area contributed by atoms with Crippen LogP contribution in [0.5, 0.6) is 0 Å².